The highest BCUT2D eigenvalue weighted by molar-refractivity contribution is 7.17. The van der Waals surface area contributed by atoms with Crippen molar-refractivity contribution in [3.63, 3.8) is 0 Å². The van der Waals surface area contributed by atoms with E-state index in [1.165, 1.54) is 11.3 Å². The van der Waals surface area contributed by atoms with Gasteiger partial charge in [0.2, 0.25) is 11.9 Å². The van der Waals surface area contributed by atoms with Crippen molar-refractivity contribution in [3.05, 3.63) is 101 Å². The number of thiophene rings is 1. The molecule has 1 saturated heterocycles. The van der Waals surface area contributed by atoms with Crippen molar-refractivity contribution in [1.29, 1.82) is 0 Å². The summed E-state index contributed by atoms with van der Waals surface area (Å²) < 4.78 is 1.99. The summed E-state index contributed by atoms with van der Waals surface area (Å²) in [6.07, 6.45) is 2.24. The van der Waals surface area contributed by atoms with Crippen molar-refractivity contribution in [2.24, 2.45) is 0 Å². The highest BCUT2D eigenvalue weighted by atomic mass is 32.1. The summed E-state index contributed by atoms with van der Waals surface area (Å²) in [6.45, 7) is 2.03. The molecule has 0 spiro atoms. The second-order valence-electron chi connectivity index (χ2n) is 10.3. The first-order valence-electron chi connectivity index (χ1n) is 14.1. The number of nitrogens with one attached hydrogen (secondary N) is 1. The van der Waals surface area contributed by atoms with Gasteiger partial charge in [0.15, 0.2) is 0 Å². The third-order valence-corrected chi connectivity index (χ3v) is 8.67. The minimum Gasteiger partial charge on any atom is -0.343 e. The largest absolute Gasteiger partial charge is 0.343 e. The average molecular weight is 578 g/mol. The topological polar surface area (TPSA) is 87.5 Å². The fourth-order valence-electron chi connectivity index (χ4n) is 5.28. The number of benzene rings is 3. The molecule has 0 unspecified atom stereocenters. The van der Waals surface area contributed by atoms with Crippen LogP contribution in [0.25, 0.3) is 21.5 Å². The summed E-state index contributed by atoms with van der Waals surface area (Å²) in [4.78, 5) is 48.5. The second kappa shape index (κ2) is 12.0. The third kappa shape index (κ3) is 5.69. The molecule has 3 amide bonds. The fourth-order valence-corrected chi connectivity index (χ4v) is 6.19. The van der Waals surface area contributed by atoms with Gasteiger partial charge >= 0.3 is 0 Å². The lowest BCUT2D eigenvalue weighted by Crippen LogP contribution is -2.26. The number of likely N-dealkylation sites (tertiary alicyclic amines) is 1. The van der Waals surface area contributed by atoms with Crippen LogP contribution in [-0.4, -0.2) is 52.3 Å². The molecule has 1 aliphatic heterocycles. The molecular weight excluding hydrogens is 546 g/mol. The summed E-state index contributed by atoms with van der Waals surface area (Å²) in [5, 5.41) is 3.03. The maximum absolute atomic E-state index is 13.4. The summed E-state index contributed by atoms with van der Waals surface area (Å²) in [6, 6.07) is 28.6. The number of amides is 3. The lowest BCUT2D eigenvalue weighted by atomic mass is 10.2. The van der Waals surface area contributed by atoms with E-state index in [2.05, 4.69) is 5.32 Å². The quantitative estimate of drug-likeness (QED) is 0.223. The van der Waals surface area contributed by atoms with Crippen molar-refractivity contribution in [3.8, 4) is 10.4 Å². The molecule has 2 aromatic heterocycles. The van der Waals surface area contributed by atoms with Gasteiger partial charge in [0.25, 0.3) is 11.8 Å². The number of hydrogen-bond acceptors (Lipinski definition) is 5. The van der Waals surface area contributed by atoms with E-state index >= 15 is 0 Å². The first-order valence-corrected chi connectivity index (χ1v) is 14.9. The van der Waals surface area contributed by atoms with Gasteiger partial charge in [-0.25, -0.2) is 4.98 Å². The lowest BCUT2D eigenvalue weighted by molar-refractivity contribution is -0.127. The van der Waals surface area contributed by atoms with Crippen LogP contribution in [-0.2, 0) is 11.3 Å². The summed E-state index contributed by atoms with van der Waals surface area (Å²) >= 11 is 1.43. The van der Waals surface area contributed by atoms with E-state index in [0.29, 0.717) is 47.1 Å². The van der Waals surface area contributed by atoms with E-state index in [0.717, 1.165) is 35.3 Å². The van der Waals surface area contributed by atoms with Crippen molar-refractivity contribution in [2.45, 2.75) is 25.8 Å². The van der Waals surface area contributed by atoms with Gasteiger partial charge in [-0.05, 0) is 60.9 Å². The molecule has 0 radical (unpaired) electrons. The number of aryl methyl sites for hydroxylation is 1. The van der Waals surface area contributed by atoms with Gasteiger partial charge in [-0.1, -0.05) is 48.5 Å². The average Bonchev–Trinajstić information content (AvgIpc) is 3.76. The maximum atomic E-state index is 13.4. The van der Waals surface area contributed by atoms with Crippen LogP contribution in [0.4, 0.5) is 11.6 Å². The molecule has 9 heteroatoms. The number of carbonyl (C=O) groups excluding carboxylic acids is 3. The molecule has 0 aliphatic carbocycles. The molecule has 0 saturated carbocycles. The molecule has 0 bridgehead atoms. The Kier molecular flexibility index (Phi) is 7.83. The molecular formula is C33H31N5O3S. The fraction of sp³-hybridized carbons (Fsp3) is 0.212. The molecule has 212 valence electrons. The van der Waals surface area contributed by atoms with E-state index < -0.39 is 0 Å². The third-order valence-electron chi connectivity index (χ3n) is 7.54. The molecule has 1 fully saturated rings. The van der Waals surface area contributed by atoms with Gasteiger partial charge in [0.05, 0.1) is 15.9 Å². The van der Waals surface area contributed by atoms with E-state index in [1.54, 1.807) is 24.1 Å². The minimum atomic E-state index is -0.231. The number of nitrogens with zero attached hydrogens (tertiary/aromatic N) is 4. The Bertz CT molecular complexity index is 1750. The van der Waals surface area contributed by atoms with Gasteiger partial charge in [-0.3, -0.25) is 19.7 Å². The highest BCUT2D eigenvalue weighted by Gasteiger charge is 2.21. The Labute approximate surface area is 248 Å². The van der Waals surface area contributed by atoms with Crippen LogP contribution >= 0.6 is 11.3 Å². The van der Waals surface area contributed by atoms with Crippen LogP contribution in [0.15, 0.2) is 91.0 Å². The first-order chi connectivity index (χ1) is 20.5. The number of rotatable bonds is 9. The van der Waals surface area contributed by atoms with Crippen molar-refractivity contribution < 1.29 is 14.4 Å². The Morgan fingerprint density at radius 2 is 1.71 bits per heavy atom. The number of aromatic nitrogens is 2. The Hall–Kier alpha value is -4.76. The zero-order valence-corrected chi connectivity index (χ0v) is 24.1. The smallest absolute Gasteiger partial charge is 0.268 e. The van der Waals surface area contributed by atoms with Crippen LogP contribution < -0.4 is 10.2 Å². The summed E-state index contributed by atoms with van der Waals surface area (Å²) in [7, 11) is 1.74. The van der Waals surface area contributed by atoms with Crippen LogP contribution in [0, 0.1) is 0 Å². The van der Waals surface area contributed by atoms with Crippen molar-refractivity contribution in [1.82, 2.24) is 14.5 Å². The Morgan fingerprint density at radius 1 is 0.952 bits per heavy atom. The van der Waals surface area contributed by atoms with Gasteiger partial charge in [-0.15, -0.1) is 11.3 Å². The molecule has 8 nitrogen and oxygen atoms in total. The normalized spacial score (nSPS) is 13.1. The molecule has 42 heavy (non-hydrogen) atoms. The molecule has 6 rings (SSSR count). The van der Waals surface area contributed by atoms with Gasteiger partial charge in [0, 0.05) is 49.2 Å². The zero-order valence-electron chi connectivity index (χ0n) is 23.3. The van der Waals surface area contributed by atoms with E-state index in [1.807, 2.05) is 88.3 Å². The molecule has 3 aromatic carbocycles. The lowest BCUT2D eigenvalue weighted by Gasteiger charge is -2.18. The van der Waals surface area contributed by atoms with E-state index in [-0.39, 0.29) is 17.7 Å². The van der Waals surface area contributed by atoms with Gasteiger partial charge in [-0.2, -0.15) is 0 Å². The van der Waals surface area contributed by atoms with Crippen LogP contribution in [0.1, 0.15) is 39.3 Å². The van der Waals surface area contributed by atoms with E-state index in [9.17, 15) is 14.4 Å². The predicted molar refractivity (Wildman–Crippen MR) is 167 cm³/mol. The number of imidazole rings is 1. The summed E-state index contributed by atoms with van der Waals surface area (Å²) in [5.74, 6) is 0.281. The van der Waals surface area contributed by atoms with Crippen molar-refractivity contribution in [2.75, 3.05) is 30.4 Å². The SMILES string of the molecule is CN(C(=O)c1ccccc1)c1ccc2c(c1)nc(NC(=O)c1ccc(-c3ccccc3)s1)n2CCCN1CCCC1=O. The van der Waals surface area contributed by atoms with Gasteiger partial charge < -0.3 is 14.4 Å². The molecule has 0 atom stereocenters. The molecule has 5 aromatic rings. The van der Waals surface area contributed by atoms with E-state index in [4.69, 9.17) is 4.98 Å². The number of hydrogen-bond donors (Lipinski definition) is 1. The van der Waals surface area contributed by atoms with Crippen molar-refractivity contribution >= 4 is 51.7 Å². The zero-order chi connectivity index (χ0) is 29.1. The van der Waals surface area contributed by atoms with Crippen LogP contribution in [0.2, 0.25) is 0 Å². The predicted octanol–water partition coefficient (Wildman–Crippen LogP) is 6.31. The maximum Gasteiger partial charge on any atom is 0.268 e. The molecule has 1 aliphatic rings. The number of fused-ring (bicyclic) bond motifs is 1. The second-order valence-corrected chi connectivity index (χ2v) is 11.4. The molecule has 3 heterocycles. The highest BCUT2D eigenvalue weighted by Crippen LogP contribution is 2.30. The first kappa shape index (κ1) is 27.4. The standard InChI is InChI=1S/C33H31N5O3S/c1-36(32(41)24-12-6-3-7-13-24)25-15-16-27-26(22-25)34-33(38(27)21-9-20-37-19-8-14-30(37)39)35-31(40)29-18-17-28(42-29)23-10-4-2-5-11-23/h2-7,10-13,15-18,22H,8-9,14,19-21H2,1H3,(H,34,35,40). The monoisotopic (exact) mass is 577 g/mol. The van der Waals surface area contributed by atoms with Crippen LogP contribution in [0.5, 0.6) is 0 Å². The number of carbonyl (C=O) groups is 3. The van der Waals surface area contributed by atoms with Crippen LogP contribution in [0.3, 0.4) is 0 Å². The number of anilines is 2. The Balaban J connectivity index is 1.27. The Morgan fingerprint density at radius 3 is 2.45 bits per heavy atom. The minimum absolute atomic E-state index is 0.120. The summed E-state index contributed by atoms with van der Waals surface area (Å²) in [5.41, 5.74) is 3.88. The molecule has 1 N–H and O–H groups in total. The van der Waals surface area contributed by atoms with Gasteiger partial charge in [0.1, 0.15) is 0 Å².